The number of ether oxygens (including phenoxy) is 4. The Morgan fingerprint density at radius 2 is 1.83 bits per heavy atom. The normalized spacial score (nSPS) is 28.3. The number of morpholine rings is 1. The number of para-hydroxylation sites is 1. The first-order valence-corrected chi connectivity index (χ1v) is 17.1. The van der Waals surface area contributed by atoms with Crippen molar-refractivity contribution in [3.05, 3.63) is 35.4 Å². The van der Waals surface area contributed by atoms with Crippen LogP contribution in [0.5, 0.6) is 5.88 Å². The van der Waals surface area contributed by atoms with Gasteiger partial charge in [0.1, 0.15) is 18.2 Å². The summed E-state index contributed by atoms with van der Waals surface area (Å²) in [6.45, 7) is 10.0. The molecule has 1 amide bonds. The Morgan fingerprint density at radius 1 is 1.04 bits per heavy atom. The number of amides is 1. The Hall–Kier alpha value is -3.24. The molecular formula is C36H49N3O7. The molecule has 4 heterocycles. The van der Waals surface area contributed by atoms with E-state index >= 15 is 0 Å². The Morgan fingerprint density at radius 3 is 2.59 bits per heavy atom. The molecule has 46 heavy (non-hydrogen) atoms. The minimum atomic E-state index is -0.810. The van der Waals surface area contributed by atoms with Gasteiger partial charge < -0.3 is 23.8 Å². The highest BCUT2D eigenvalue weighted by atomic mass is 16.6. The molecule has 6 rings (SSSR count). The molecule has 0 radical (unpaired) electrons. The van der Waals surface area contributed by atoms with E-state index in [4.69, 9.17) is 23.9 Å². The fourth-order valence-electron chi connectivity index (χ4n) is 7.36. The van der Waals surface area contributed by atoms with Crippen LogP contribution in [-0.2, 0) is 41.6 Å². The van der Waals surface area contributed by atoms with Crippen LogP contribution in [0.1, 0.15) is 76.8 Å². The number of nitrogens with zero attached hydrogens (tertiary/aromatic N) is 3. The number of hydrogen-bond donors (Lipinski definition) is 0. The monoisotopic (exact) mass is 635 g/mol. The van der Waals surface area contributed by atoms with Crippen molar-refractivity contribution >= 4 is 28.7 Å². The van der Waals surface area contributed by atoms with Crippen molar-refractivity contribution in [2.45, 2.75) is 96.9 Å². The van der Waals surface area contributed by atoms with E-state index in [0.717, 1.165) is 87.8 Å². The Labute approximate surface area is 272 Å². The molecule has 1 aromatic carbocycles. The number of esters is 2. The lowest BCUT2D eigenvalue weighted by molar-refractivity contribution is -0.157. The first-order chi connectivity index (χ1) is 22.1. The Balaban J connectivity index is 1.37. The van der Waals surface area contributed by atoms with Gasteiger partial charge in [0.15, 0.2) is 0 Å². The van der Waals surface area contributed by atoms with Crippen LogP contribution in [-0.4, -0.2) is 90.8 Å². The number of rotatable bonds is 3. The molecule has 2 aromatic rings. The Bertz CT molecular complexity index is 1430. The maximum absolute atomic E-state index is 14.2. The number of carbonyl (C=O) groups is 3. The van der Waals surface area contributed by atoms with Crippen LogP contribution in [0.2, 0.25) is 0 Å². The van der Waals surface area contributed by atoms with Crippen molar-refractivity contribution in [3.63, 3.8) is 0 Å². The molecule has 10 nitrogen and oxygen atoms in total. The third kappa shape index (κ3) is 7.33. The van der Waals surface area contributed by atoms with E-state index in [9.17, 15) is 14.4 Å². The lowest BCUT2D eigenvalue weighted by Gasteiger charge is -2.34. The summed E-state index contributed by atoms with van der Waals surface area (Å²) in [7, 11) is 1.34. The molecule has 250 valence electrons. The second-order valence-corrected chi connectivity index (χ2v) is 14.5. The van der Waals surface area contributed by atoms with Gasteiger partial charge in [-0.25, -0.2) is 9.78 Å². The summed E-state index contributed by atoms with van der Waals surface area (Å²) in [5, 5.41) is 1.13. The summed E-state index contributed by atoms with van der Waals surface area (Å²) in [6, 6.07) is 7.41. The molecule has 3 fully saturated rings. The third-order valence-electron chi connectivity index (χ3n) is 10.2. The van der Waals surface area contributed by atoms with Gasteiger partial charge in [0.25, 0.3) is 0 Å². The standard InChI is InChI=1S/C36H49N3O7/c1-36(2,3)28-20-32(40)46-31-18-23(31)10-6-5-7-12-26-27(22-38-14-16-44-17-15-38)25-11-8-9-13-29(25)37-33(26)45-24-19-30(35(42)43-4)39(21-24)34(28)41/h8-9,11,13,23-24,28,30-31H,5-7,10,12,14-22H2,1-4H3/t23-,24-,28-,30+,31-/m1/s1. The number of fused-ring (bicyclic) bond motifs is 5. The zero-order valence-corrected chi connectivity index (χ0v) is 27.8. The molecule has 1 aromatic heterocycles. The average molecular weight is 636 g/mol. The quantitative estimate of drug-likeness (QED) is 0.444. The molecule has 5 atom stereocenters. The van der Waals surface area contributed by atoms with Gasteiger partial charge >= 0.3 is 11.9 Å². The van der Waals surface area contributed by atoms with Crippen LogP contribution in [0.3, 0.4) is 0 Å². The fourth-order valence-corrected chi connectivity index (χ4v) is 7.36. The summed E-state index contributed by atoms with van der Waals surface area (Å²) in [5.74, 6) is -0.769. The van der Waals surface area contributed by atoms with Gasteiger partial charge in [0.2, 0.25) is 11.8 Å². The summed E-state index contributed by atoms with van der Waals surface area (Å²) in [6.07, 6.45) is 5.57. The van der Waals surface area contributed by atoms with Gasteiger partial charge in [-0.05, 0) is 48.6 Å². The maximum atomic E-state index is 14.2. The van der Waals surface area contributed by atoms with Gasteiger partial charge in [-0.2, -0.15) is 0 Å². The van der Waals surface area contributed by atoms with E-state index in [1.54, 1.807) is 4.90 Å². The van der Waals surface area contributed by atoms with Gasteiger partial charge in [-0.3, -0.25) is 14.5 Å². The minimum Gasteiger partial charge on any atom is -0.472 e. The number of benzene rings is 1. The lowest BCUT2D eigenvalue weighted by atomic mass is 9.77. The van der Waals surface area contributed by atoms with Gasteiger partial charge in [-0.1, -0.05) is 51.8 Å². The van der Waals surface area contributed by atoms with Crippen LogP contribution in [0.4, 0.5) is 0 Å². The molecule has 2 bridgehead atoms. The summed E-state index contributed by atoms with van der Waals surface area (Å²) in [4.78, 5) is 49.5. The molecule has 0 spiro atoms. The van der Waals surface area contributed by atoms with E-state index in [1.165, 1.54) is 12.7 Å². The van der Waals surface area contributed by atoms with Crippen LogP contribution in [0.25, 0.3) is 10.9 Å². The van der Waals surface area contributed by atoms with Crippen molar-refractivity contribution in [2.24, 2.45) is 17.3 Å². The van der Waals surface area contributed by atoms with Crippen molar-refractivity contribution in [1.82, 2.24) is 14.8 Å². The summed E-state index contributed by atoms with van der Waals surface area (Å²) in [5.41, 5.74) is 2.68. The zero-order valence-electron chi connectivity index (χ0n) is 27.8. The van der Waals surface area contributed by atoms with Crippen molar-refractivity contribution in [1.29, 1.82) is 0 Å². The van der Waals surface area contributed by atoms with Gasteiger partial charge in [-0.15, -0.1) is 0 Å². The molecule has 3 aliphatic heterocycles. The second kappa shape index (κ2) is 13.9. The average Bonchev–Trinajstić information content (AvgIpc) is 3.63. The highest BCUT2D eigenvalue weighted by Gasteiger charge is 2.47. The maximum Gasteiger partial charge on any atom is 0.328 e. The van der Waals surface area contributed by atoms with Crippen molar-refractivity contribution in [2.75, 3.05) is 40.0 Å². The first-order valence-electron chi connectivity index (χ1n) is 17.1. The van der Waals surface area contributed by atoms with Crippen molar-refractivity contribution in [3.8, 4) is 5.88 Å². The molecule has 4 aliphatic rings. The molecule has 0 N–H and O–H groups in total. The SMILES string of the molecule is COC(=O)[C@@H]1C[C@@H]2CN1C(=O)[C@H](C(C)(C)C)CC(=O)O[C@@H]1C[C@H]1CCCCCc1c(nc3ccccc3c1CN1CCOCC1)O2. The zero-order chi connectivity index (χ0) is 32.4. The van der Waals surface area contributed by atoms with E-state index in [2.05, 4.69) is 17.0 Å². The largest absolute Gasteiger partial charge is 0.472 e. The highest BCUT2D eigenvalue weighted by Crippen LogP contribution is 2.41. The predicted octanol–water partition coefficient (Wildman–Crippen LogP) is 4.69. The Kier molecular flexibility index (Phi) is 9.85. The number of methoxy groups -OCH3 is 1. The van der Waals surface area contributed by atoms with E-state index in [1.807, 2.05) is 32.9 Å². The molecule has 1 saturated carbocycles. The third-order valence-corrected chi connectivity index (χ3v) is 10.2. The molecule has 1 aliphatic carbocycles. The van der Waals surface area contributed by atoms with E-state index < -0.39 is 29.4 Å². The van der Waals surface area contributed by atoms with Crippen LogP contribution in [0.15, 0.2) is 24.3 Å². The van der Waals surface area contributed by atoms with Crippen LogP contribution < -0.4 is 4.74 Å². The summed E-state index contributed by atoms with van der Waals surface area (Å²) >= 11 is 0. The van der Waals surface area contributed by atoms with Crippen molar-refractivity contribution < 1.29 is 33.3 Å². The molecule has 0 unspecified atom stereocenters. The molecular weight excluding hydrogens is 586 g/mol. The van der Waals surface area contributed by atoms with Gasteiger partial charge in [0, 0.05) is 37.0 Å². The predicted molar refractivity (Wildman–Crippen MR) is 172 cm³/mol. The number of carbonyl (C=O) groups excluding carboxylic acids is 3. The molecule has 2 saturated heterocycles. The fraction of sp³-hybridized carbons (Fsp3) is 0.667. The lowest BCUT2D eigenvalue weighted by Crippen LogP contribution is -2.47. The topological polar surface area (TPSA) is 108 Å². The first kappa shape index (κ1) is 32.7. The van der Waals surface area contributed by atoms with E-state index in [0.29, 0.717) is 11.8 Å². The molecule has 10 heteroatoms. The highest BCUT2D eigenvalue weighted by molar-refractivity contribution is 5.89. The van der Waals surface area contributed by atoms with Gasteiger partial charge in [0.05, 0.1) is 44.7 Å². The number of hydrogen-bond acceptors (Lipinski definition) is 9. The van der Waals surface area contributed by atoms with E-state index in [-0.39, 0.29) is 37.4 Å². The smallest absolute Gasteiger partial charge is 0.328 e. The number of pyridine rings is 1. The number of aromatic nitrogens is 1. The van der Waals surface area contributed by atoms with Crippen LogP contribution >= 0.6 is 0 Å². The minimum absolute atomic E-state index is 0.0251. The van der Waals surface area contributed by atoms with Crippen LogP contribution in [0, 0.1) is 17.3 Å². The second-order valence-electron chi connectivity index (χ2n) is 14.5. The summed E-state index contributed by atoms with van der Waals surface area (Å²) < 4.78 is 23.4.